The van der Waals surface area contributed by atoms with Gasteiger partial charge in [-0.2, -0.15) is 0 Å². The minimum atomic E-state index is -0.381. The summed E-state index contributed by atoms with van der Waals surface area (Å²) >= 11 is 0. The zero-order chi connectivity index (χ0) is 8.60. The van der Waals surface area contributed by atoms with Gasteiger partial charge < -0.3 is 5.73 Å². The first-order valence-electron chi connectivity index (χ1n) is 3.96. The van der Waals surface area contributed by atoms with Gasteiger partial charge >= 0.3 is 0 Å². The molecule has 1 aromatic heterocycles. The molecule has 62 valence electrons. The third kappa shape index (κ3) is 0.897. The van der Waals surface area contributed by atoms with Crippen molar-refractivity contribution in [2.75, 3.05) is 0 Å². The number of carbonyl (C=O) groups is 1. The molecule has 2 rings (SSSR count). The third-order valence-corrected chi connectivity index (χ3v) is 2.44. The molecular formula is C9H10N2O. The molecule has 1 aromatic rings. The highest BCUT2D eigenvalue weighted by Crippen LogP contribution is 2.47. The number of amides is 1. The van der Waals surface area contributed by atoms with E-state index in [-0.39, 0.29) is 11.3 Å². The Labute approximate surface area is 70.6 Å². The second-order valence-electron chi connectivity index (χ2n) is 3.19. The zero-order valence-corrected chi connectivity index (χ0v) is 6.66. The lowest BCUT2D eigenvalue weighted by atomic mass is 9.97. The first-order valence-corrected chi connectivity index (χ1v) is 3.96. The molecule has 0 saturated heterocycles. The topological polar surface area (TPSA) is 56.0 Å². The van der Waals surface area contributed by atoms with Crippen molar-refractivity contribution in [3.8, 4) is 0 Å². The van der Waals surface area contributed by atoms with Crippen molar-refractivity contribution in [1.29, 1.82) is 0 Å². The molecule has 2 N–H and O–H groups in total. The quantitative estimate of drug-likeness (QED) is 0.692. The fourth-order valence-corrected chi connectivity index (χ4v) is 1.45. The summed E-state index contributed by atoms with van der Waals surface area (Å²) < 4.78 is 0. The van der Waals surface area contributed by atoms with Crippen LogP contribution >= 0.6 is 0 Å². The lowest BCUT2D eigenvalue weighted by molar-refractivity contribution is -0.120. The maximum atomic E-state index is 11.1. The highest BCUT2D eigenvalue weighted by atomic mass is 16.1. The molecule has 0 bridgehead atoms. The number of rotatable bonds is 2. The van der Waals surface area contributed by atoms with Crippen LogP contribution in [0.3, 0.4) is 0 Å². The molecule has 0 spiro atoms. The molecule has 3 nitrogen and oxygen atoms in total. The van der Waals surface area contributed by atoms with Crippen LogP contribution in [0, 0.1) is 0 Å². The minimum absolute atomic E-state index is 0.226. The summed E-state index contributed by atoms with van der Waals surface area (Å²) in [6.45, 7) is 0. The standard InChI is InChI=1S/C9H10N2O/c10-8(12)9(3-4-9)7-2-1-5-11-6-7/h1-2,5-6H,3-4H2,(H2,10,12). The van der Waals surface area contributed by atoms with Crippen molar-refractivity contribution < 1.29 is 4.79 Å². The summed E-state index contributed by atoms with van der Waals surface area (Å²) in [5.41, 5.74) is 5.87. The number of hydrogen-bond acceptors (Lipinski definition) is 2. The smallest absolute Gasteiger partial charge is 0.228 e. The Balaban J connectivity index is 2.37. The van der Waals surface area contributed by atoms with E-state index in [1.54, 1.807) is 12.4 Å². The number of primary amides is 1. The molecule has 1 fully saturated rings. The van der Waals surface area contributed by atoms with Gasteiger partial charge in [0.1, 0.15) is 0 Å². The molecule has 0 radical (unpaired) electrons. The number of pyridine rings is 1. The van der Waals surface area contributed by atoms with E-state index >= 15 is 0 Å². The molecule has 0 unspecified atom stereocenters. The minimum Gasteiger partial charge on any atom is -0.369 e. The average Bonchev–Trinajstić information content (AvgIpc) is 2.86. The fourth-order valence-electron chi connectivity index (χ4n) is 1.45. The molecule has 1 amide bonds. The monoisotopic (exact) mass is 162 g/mol. The average molecular weight is 162 g/mol. The summed E-state index contributed by atoms with van der Waals surface area (Å²) in [5, 5.41) is 0. The van der Waals surface area contributed by atoms with E-state index in [0.717, 1.165) is 18.4 Å². The Morgan fingerprint density at radius 3 is 2.75 bits per heavy atom. The number of hydrogen-bond donors (Lipinski definition) is 1. The molecule has 1 heterocycles. The van der Waals surface area contributed by atoms with E-state index in [2.05, 4.69) is 4.98 Å². The van der Waals surface area contributed by atoms with E-state index < -0.39 is 0 Å². The summed E-state index contributed by atoms with van der Waals surface area (Å²) in [7, 11) is 0. The van der Waals surface area contributed by atoms with Gasteiger partial charge in [0.2, 0.25) is 5.91 Å². The summed E-state index contributed by atoms with van der Waals surface area (Å²) in [6.07, 6.45) is 5.15. The maximum Gasteiger partial charge on any atom is 0.228 e. The van der Waals surface area contributed by atoms with Crippen LogP contribution in [-0.4, -0.2) is 10.9 Å². The molecule has 0 aliphatic heterocycles. The van der Waals surface area contributed by atoms with E-state index in [1.807, 2.05) is 12.1 Å². The Bertz CT molecular complexity index is 304. The second-order valence-corrected chi connectivity index (χ2v) is 3.19. The molecule has 1 saturated carbocycles. The van der Waals surface area contributed by atoms with Crippen LogP contribution < -0.4 is 5.73 Å². The van der Waals surface area contributed by atoms with Crippen molar-refractivity contribution in [2.24, 2.45) is 5.73 Å². The van der Waals surface area contributed by atoms with Crippen LogP contribution in [-0.2, 0) is 10.2 Å². The Morgan fingerprint density at radius 1 is 1.58 bits per heavy atom. The number of nitrogens with zero attached hydrogens (tertiary/aromatic N) is 1. The predicted molar refractivity (Wildman–Crippen MR) is 44.3 cm³/mol. The molecule has 12 heavy (non-hydrogen) atoms. The van der Waals surface area contributed by atoms with E-state index in [0.29, 0.717) is 0 Å². The van der Waals surface area contributed by atoms with Crippen molar-refractivity contribution in [2.45, 2.75) is 18.3 Å². The van der Waals surface area contributed by atoms with Crippen LogP contribution in [0.15, 0.2) is 24.5 Å². The van der Waals surface area contributed by atoms with Gasteiger partial charge in [-0.25, -0.2) is 0 Å². The van der Waals surface area contributed by atoms with Gasteiger partial charge in [0, 0.05) is 12.4 Å². The zero-order valence-electron chi connectivity index (χ0n) is 6.66. The van der Waals surface area contributed by atoms with E-state index in [1.165, 1.54) is 0 Å². The Kier molecular flexibility index (Phi) is 1.40. The van der Waals surface area contributed by atoms with E-state index in [4.69, 9.17) is 5.73 Å². The second kappa shape index (κ2) is 2.30. The van der Waals surface area contributed by atoms with Gasteiger partial charge in [-0.15, -0.1) is 0 Å². The van der Waals surface area contributed by atoms with E-state index in [9.17, 15) is 4.79 Å². The molecule has 3 heteroatoms. The maximum absolute atomic E-state index is 11.1. The van der Waals surface area contributed by atoms with Crippen LogP contribution in [0.4, 0.5) is 0 Å². The summed E-state index contributed by atoms with van der Waals surface area (Å²) in [4.78, 5) is 15.0. The largest absolute Gasteiger partial charge is 0.369 e. The number of carbonyl (C=O) groups excluding carboxylic acids is 1. The Hall–Kier alpha value is -1.38. The molecule has 1 aliphatic rings. The Morgan fingerprint density at radius 2 is 2.33 bits per heavy atom. The van der Waals surface area contributed by atoms with Crippen LogP contribution in [0.25, 0.3) is 0 Å². The normalized spacial score (nSPS) is 18.7. The summed E-state index contributed by atoms with van der Waals surface area (Å²) in [5.74, 6) is -0.226. The van der Waals surface area contributed by atoms with Gasteiger partial charge in [0.15, 0.2) is 0 Å². The first kappa shape index (κ1) is 7.28. The van der Waals surface area contributed by atoms with Crippen molar-refractivity contribution in [3.63, 3.8) is 0 Å². The van der Waals surface area contributed by atoms with Gasteiger partial charge in [-0.05, 0) is 24.5 Å². The molecular weight excluding hydrogens is 152 g/mol. The molecule has 0 aromatic carbocycles. The third-order valence-electron chi connectivity index (χ3n) is 2.44. The number of nitrogens with two attached hydrogens (primary N) is 1. The predicted octanol–water partition coefficient (Wildman–Crippen LogP) is 0.598. The fraction of sp³-hybridized carbons (Fsp3) is 0.333. The highest BCUT2D eigenvalue weighted by molar-refractivity contribution is 5.89. The lowest BCUT2D eigenvalue weighted by Crippen LogP contribution is -2.28. The van der Waals surface area contributed by atoms with Crippen LogP contribution in [0.2, 0.25) is 0 Å². The molecule has 0 atom stereocenters. The van der Waals surface area contributed by atoms with Crippen LogP contribution in [0.5, 0.6) is 0 Å². The van der Waals surface area contributed by atoms with Gasteiger partial charge in [0.05, 0.1) is 5.41 Å². The number of aromatic nitrogens is 1. The van der Waals surface area contributed by atoms with Crippen molar-refractivity contribution >= 4 is 5.91 Å². The van der Waals surface area contributed by atoms with Crippen molar-refractivity contribution in [3.05, 3.63) is 30.1 Å². The molecule has 1 aliphatic carbocycles. The summed E-state index contributed by atoms with van der Waals surface area (Å²) in [6, 6.07) is 3.74. The van der Waals surface area contributed by atoms with Gasteiger partial charge in [-0.3, -0.25) is 9.78 Å². The SMILES string of the molecule is NC(=O)C1(c2cccnc2)CC1. The first-order chi connectivity index (χ1) is 5.76. The highest BCUT2D eigenvalue weighted by Gasteiger charge is 2.50. The van der Waals surface area contributed by atoms with Crippen molar-refractivity contribution in [1.82, 2.24) is 4.98 Å². The lowest BCUT2D eigenvalue weighted by Gasteiger charge is -2.09. The van der Waals surface area contributed by atoms with Gasteiger partial charge in [-0.1, -0.05) is 6.07 Å². The van der Waals surface area contributed by atoms with Crippen LogP contribution in [0.1, 0.15) is 18.4 Å². The van der Waals surface area contributed by atoms with Gasteiger partial charge in [0.25, 0.3) is 0 Å².